The molecule has 1 heterocycles. The van der Waals surface area contributed by atoms with E-state index in [-0.39, 0.29) is 0 Å². The Balaban J connectivity index is 2.19. The molecular weight excluding hydrogens is 210 g/mol. The topological polar surface area (TPSA) is 53.1 Å². The first-order chi connectivity index (χ1) is 7.25. The van der Waals surface area contributed by atoms with Crippen LogP contribution in [-0.4, -0.2) is 16.1 Å². The Morgan fingerprint density at radius 3 is 2.93 bits per heavy atom. The zero-order chi connectivity index (χ0) is 10.7. The average Bonchev–Trinajstić information content (AvgIpc) is 2.59. The standard InChI is InChI=1S/C11H9NO2S/c13-11(14)5-6-15-10-7-8-3-1-2-4-9(8)12-10/h1-7,12H,(H,13,14). The zero-order valence-corrected chi connectivity index (χ0v) is 8.62. The van der Waals surface area contributed by atoms with Crippen LogP contribution < -0.4 is 0 Å². The first-order valence-electron chi connectivity index (χ1n) is 4.39. The number of carboxylic acids is 1. The van der Waals surface area contributed by atoms with Gasteiger partial charge in [-0.15, -0.1) is 0 Å². The molecule has 15 heavy (non-hydrogen) atoms. The maximum Gasteiger partial charge on any atom is 0.328 e. The number of fused-ring (bicyclic) bond motifs is 1. The number of aliphatic carboxylic acids is 1. The number of carboxylic acid groups (broad SMARTS) is 1. The summed E-state index contributed by atoms with van der Waals surface area (Å²) in [5, 5.41) is 12.0. The van der Waals surface area contributed by atoms with Gasteiger partial charge in [-0.05, 0) is 17.5 Å². The van der Waals surface area contributed by atoms with Crippen molar-refractivity contribution in [2.45, 2.75) is 5.03 Å². The third-order valence-corrected chi connectivity index (χ3v) is 2.66. The van der Waals surface area contributed by atoms with Gasteiger partial charge in [0.05, 0.1) is 5.03 Å². The van der Waals surface area contributed by atoms with Crippen LogP contribution in [0.2, 0.25) is 0 Å². The summed E-state index contributed by atoms with van der Waals surface area (Å²) in [5.41, 5.74) is 1.06. The van der Waals surface area contributed by atoms with Gasteiger partial charge in [-0.25, -0.2) is 4.79 Å². The number of rotatable bonds is 3. The second-order valence-corrected chi connectivity index (χ2v) is 3.93. The summed E-state index contributed by atoms with van der Waals surface area (Å²) < 4.78 is 0. The van der Waals surface area contributed by atoms with Crippen LogP contribution in [0.25, 0.3) is 10.9 Å². The van der Waals surface area contributed by atoms with Gasteiger partial charge in [-0.3, -0.25) is 0 Å². The van der Waals surface area contributed by atoms with Crippen molar-refractivity contribution in [1.29, 1.82) is 0 Å². The van der Waals surface area contributed by atoms with Gasteiger partial charge in [0.1, 0.15) is 0 Å². The lowest BCUT2D eigenvalue weighted by Crippen LogP contribution is -1.84. The average molecular weight is 219 g/mol. The lowest BCUT2D eigenvalue weighted by atomic mass is 10.3. The first-order valence-corrected chi connectivity index (χ1v) is 5.27. The highest BCUT2D eigenvalue weighted by molar-refractivity contribution is 8.02. The monoisotopic (exact) mass is 219 g/mol. The largest absolute Gasteiger partial charge is 0.478 e. The van der Waals surface area contributed by atoms with E-state index in [1.807, 2.05) is 30.3 Å². The van der Waals surface area contributed by atoms with Gasteiger partial charge in [-0.1, -0.05) is 30.0 Å². The number of nitrogens with one attached hydrogen (secondary N) is 1. The third kappa shape index (κ3) is 2.41. The summed E-state index contributed by atoms with van der Waals surface area (Å²) in [6.45, 7) is 0. The third-order valence-electron chi connectivity index (χ3n) is 1.91. The van der Waals surface area contributed by atoms with Crippen LogP contribution in [-0.2, 0) is 4.79 Å². The Bertz CT molecular complexity index is 483. The van der Waals surface area contributed by atoms with Crippen molar-refractivity contribution >= 4 is 28.6 Å². The molecule has 0 amide bonds. The van der Waals surface area contributed by atoms with Gasteiger partial charge in [0.25, 0.3) is 0 Å². The Labute approximate surface area is 90.8 Å². The van der Waals surface area contributed by atoms with E-state index in [1.54, 1.807) is 5.41 Å². The predicted molar refractivity (Wildman–Crippen MR) is 60.9 cm³/mol. The van der Waals surface area contributed by atoms with E-state index < -0.39 is 5.97 Å². The Morgan fingerprint density at radius 1 is 1.40 bits per heavy atom. The molecule has 0 bridgehead atoms. The highest BCUT2D eigenvalue weighted by Crippen LogP contribution is 2.23. The number of benzene rings is 1. The summed E-state index contributed by atoms with van der Waals surface area (Å²) in [7, 11) is 0. The van der Waals surface area contributed by atoms with Crippen LogP contribution in [0, 0.1) is 0 Å². The number of hydrogen-bond donors (Lipinski definition) is 2. The number of hydrogen-bond acceptors (Lipinski definition) is 2. The lowest BCUT2D eigenvalue weighted by molar-refractivity contribution is -0.131. The van der Waals surface area contributed by atoms with E-state index in [4.69, 9.17) is 5.11 Å². The summed E-state index contributed by atoms with van der Waals surface area (Å²) in [4.78, 5) is 13.4. The molecule has 0 radical (unpaired) electrons. The molecule has 0 saturated heterocycles. The van der Waals surface area contributed by atoms with Crippen molar-refractivity contribution in [3.05, 3.63) is 41.8 Å². The summed E-state index contributed by atoms with van der Waals surface area (Å²) in [5.74, 6) is -0.932. The van der Waals surface area contributed by atoms with Crippen molar-refractivity contribution in [3.8, 4) is 0 Å². The fourth-order valence-electron chi connectivity index (χ4n) is 1.28. The lowest BCUT2D eigenvalue weighted by Gasteiger charge is -1.87. The highest BCUT2D eigenvalue weighted by Gasteiger charge is 1.98. The maximum absolute atomic E-state index is 10.3. The van der Waals surface area contributed by atoms with E-state index >= 15 is 0 Å². The minimum absolute atomic E-state index is 0.932. The zero-order valence-electron chi connectivity index (χ0n) is 7.81. The molecule has 2 aromatic rings. The molecule has 0 atom stereocenters. The number of aromatic nitrogens is 1. The van der Waals surface area contributed by atoms with E-state index in [2.05, 4.69) is 4.98 Å². The summed E-state index contributed by atoms with van der Waals surface area (Å²) >= 11 is 1.36. The minimum atomic E-state index is -0.932. The van der Waals surface area contributed by atoms with Gasteiger partial charge in [-0.2, -0.15) is 0 Å². The van der Waals surface area contributed by atoms with Crippen LogP contribution in [0.5, 0.6) is 0 Å². The van der Waals surface area contributed by atoms with Crippen molar-refractivity contribution in [2.75, 3.05) is 0 Å². The molecule has 3 nitrogen and oxygen atoms in total. The van der Waals surface area contributed by atoms with Crippen LogP contribution in [0.4, 0.5) is 0 Å². The second kappa shape index (κ2) is 4.23. The number of H-pyrrole nitrogens is 1. The molecule has 4 heteroatoms. The molecule has 0 aliphatic carbocycles. The summed E-state index contributed by atoms with van der Waals surface area (Å²) in [6.07, 6.45) is 1.12. The quantitative estimate of drug-likeness (QED) is 0.616. The van der Waals surface area contributed by atoms with Crippen molar-refractivity contribution in [3.63, 3.8) is 0 Å². The molecule has 0 saturated carbocycles. The molecule has 2 rings (SSSR count). The molecular formula is C11H9NO2S. The first kappa shape index (κ1) is 9.86. The minimum Gasteiger partial charge on any atom is -0.478 e. The smallest absolute Gasteiger partial charge is 0.328 e. The Hall–Kier alpha value is -1.68. The van der Waals surface area contributed by atoms with Crippen molar-refractivity contribution in [1.82, 2.24) is 4.98 Å². The molecule has 1 aromatic carbocycles. The number of thioether (sulfide) groups is 1. The molecule has 2 N–H and O–H groups in total. The summed E-state index contributed by atoms with van der Waals surface area (Å²) in [6, 6.07) is 9.92. The van der Waals surface area contributed by atoms with E-state index in [1.165, 1.54) is 11.8 Å². The van der Waals surface area contributed by atoms with Crippen molar-refractivity contribution in [2.24, 2.45) is 0 Å². The fraction of sp³-hybridized carbons (Fsp3) is 0. The van der Waals surface area contributed by atoms with E-state index in [0.29, 0.717) is 0 Å². The molecule has 0 unspecified atom stereocenters. The molecule has 1 aromatic heterocycles. The number of para-hydroxylation sites is 1. The van der Waals surface area contributed by atoms with Gasteiger partial charge in [0.2, 0.25) is 0 Å². The van der Waals surface area contributed by atoms with Gasteiger partial charge in [0, 0.05) is 17.0 Å². The molecule has 0 aliphatic heterocycles. The van der Waals surface area contributed by atoms with E-state index in [0.717, 1.165) is 22.0 Å². The normalized spacial score (nSPS) is 11.2. The van der Waals surface area contributed by atoms with Crippen LogP contribution in [0.15, 0.2) is 46.8 Å². The van der Waals surface area contributed by atoms with Gasteiger partial charge < -0.3 is 10.1 Å². The predicted octanol–water partition coefficient (Wildman–Crippen LogP) is 2.86. The van der Waals surface area contributed by atoms with E-state index in [9.17, 15) is 4.79 Å². The number of aromatic amines is 1. The van der Waals surface area contributed by atoms with Gasteiger partial charge >= 0.3 is 5.97 Å². The van der Waals surface area contributed by atoms with Crippen molar-refractivity contribution < 1.29 is 9.90 Å². The molecule has 76 valence electrons. The Kier molecular flexibility index (Phi) is 2.78. The van der Waals surface area contributed by atoms with Gasteiger partial charge in [0.15, 0.2) is 0 Å². The highest BCUT2D eigenvalue weighted by atomic mass is 32.2. The van der Waals surface area contributed by atoms with Crippen LogP contribution in [0.1, 0.15) is 0 Å². The van der Waals surface area contributed by atoms with Crippen LogP contribution in [0.3, 0.4) is 0 Å². The fourth-order valence-corrected chi connectivity index (χ4v) is 1.97. The SMILES string of the molecule is O=C(O)C=CSc1cc2ccccc2[nH]1. The van der Waals surface area contributed by atoms with Crippen LogP contribution >= 0.6 is 11.8 Å². The second-order valence-electron chi connectivity index (χ2n) is 2.98. The maximum atomic E-state index is 10.3. The number of carbonyl (C=O) groups is 1. The molecule has 0 aliphatic rings. The molecule has 0 spiro atoms. The Morgan fingerprint density at radius 2 is 2.20 bits per heavy atom. The molecule has 0 fully saturated rings.